The van der Waals surface area contributed by atoms with E-state index >= 15 is 0 Å². The topological polar surface area (TPSA) is 38.5 Å². The summed E-state index contributed by atoms with van der Waals surface area (Å²) in [6.45, 7) is 2.85. The van der Waals surface area contributed by atoms with Crippen molar-refractivity contribution in [3.8, 4) is 0 Å². The van der Waals surface area contributed by atoms with Gasteiger partial charge >= 0.3 is 0 Å². The number of hydrogen-bond acceptors (Lipinski definition) is 3. The number of halogens is 2. The number of nitrogen functional groups attached to an aromatic ring is 1. The first-order valence-electron chi connectivity index (χ1n) is 6.23. The molecule has 0 amide bonds. The highest BCUT2D eigenvalue weighted by atomic mass is 35.5. The van der Waals surface area contributed by atoms with Crippen LogP contribution in [-0.2, 0) is 11.3 Å². The number of nitrogens with zero attached hydrogens (tertiary/aromatic N) is 1. The van der Waals surface area contributed by atoms with E-state index in [0.717, 1.165) is 25.2 Å². The molecule has 0 spiro atoms. The van der Waals surface area contributed by atoms with Crippen LogP contribution in [0.25, 0.3) is 0 Å². The molecule has 3 nitrogen and oxygen atoms in total. The van der Waals surface area contributed by atoms with Crippen LogP contribution in [0.4, 0.5) is 5.69 Å². The third kappa shape index (κ3) is 2.45. The minimum absolute atomic E-state index is 0.406. The molecule has 0 saturated carbocycles. The quantitative estimate of drug-likeness (QED) is 0.850. The van der Waals surface area contributed by atoms with E-state index in [1.165, 1.54) is 12.8 Å². The Kier molecular flexibility index (Phi) is 3.41. The van der Waals surface area contributed by atoms with Gasteiger partial charge in [-0.1, -0.05) is 23.2 Å². The first kappa shape index (κ1) is 12.5. The Morgan fingerprint density at radius 1 is 1.17 bits per heavy atom. The van der Waals surface area contributed by atoms with Gasteiger partial charge in [-0.25, -0.2) is 0 Å². The summed E-state index contributed by atoms with van der Waals surface area (Å²) in [4.78, 5) is 2.41. The highest BCUT2D eigenvalue weighted by molar-refractivity contribution is 6.38. The molecular formula is C13H16Cl2N2O. The summed E-state index contributed by atoms with van der Waals surface area (Å²) in [5, 5.41) is 1.07. The van der Waals surface area contributed by atoms with E-state index in [4.69, 9.17) is 33.7 Å². The monoisotopic (exact) mass is 286 g/mol. The third-order valence-corrected chi connectivity index (χ3v) is 4.29. The van der Waals surface area contributed by atoms with Gasteiger partial charge < -0.3 is 10.5 Å². The Hall–Kier alpha value is -0.480. The molecule has 0 radical (unpaired) electrons. The van der Waals surface area contributed by atoms with Crippen molar-refractivity contribution in [3.63, 3.8) is 0 Å². The first-order valence-corrected chi connectivity index (χ1v) is 6.98. The molecule has 1 aromatic rings. The minimum atomic E-state index is 0.406. The highest BCUT2D eigenvalue weighted by Crippen LogP contribution is 2.31. The smallest absolute Gasteiger partial charge is 0.0707 e. The lowest BCUT2D eigenvalue weighted by Gasteiger charge is -2.32. The summed E-state index contributed by atoms with van der Waals surface area (Å²) < 4.78 is 5.82. The summed E-state index contributed by atoms with van der Waals surface area (Å²) in [7, 11) is 0. The summed E-state index contributed by atoms with van der Waals surface area (Å²) in [5.41, 5.74) is 7.31. The summed E-state index contributed by atoms with van der Waals surface area (Å²) in [6.07, 6.45) is 3.18. The zero-order valence-electron chi connectivity index (χ0n) is 10.0. The molecule has 2 heterocycles. The molecule has 2 N–H and O–H groups in total. The second-order valence-corrected chi connectivity index (χ2v) is 5.94. The number of rotatable bonds is 2. The van der Waals surface area contributed by atoms with E-state index in [-0.39, 0.29) is 0 Å². The lowest BCUT2D eigenvalue weighted by molar-refractivity contribution is -0.0410. The summed E-state index contributed by atoms with van der Waals surface area (Å²) in [5.74, 6) is 0. The fraction of sp³-hybridized carbons (Fsp3) is 0.538. The Morgan fingerprint density at radius 2 is 1.72 bits per heavy atom. The van der Waals surface area contributed by atoms with Crippen LogP contribution in [0.5, 0.6) is 0 Å². The largest absolute Gasteiger partial charge is 0.396 e. The van der Waals surface area contributed by atoms with Crippen LogP contribution in [-0.4, -0.2) is 30.2 Å². The van der Waals surface area contributed by atoms with Crippen molar-refractivity contribution >= 4 is 28.9 Å². The SMILES string of the molecule is Nc1c(Cl)cc(CN2CC3CCC(C2)O3)cc1Cl. The Labute approximate surface area is 117 Å². The Morgan fingerprint density at radius 3 is 2.28 bits per heavy atom. The van der Waals surface area contributed by atoms with Gasteiger partial charge in [-0.05, 0) is 30.5 Å². The highest BCUT2D eigenvalue weighted by Gasteiger charge is 2.33. The zero-order valence-corrected chi connectivity index (χ0v) is 11.5. The van der Waals surface area contributed by atoms with Crippen molar-refractivity contribution in [1.29, 1.82) is 0 Å². The maximum absolute atomic E-state index is 6.05. The molecule has 2 unspecified atom stereocenters. The lowest BCUT2D eigenvalue weighted by Crippen LogP contribution is -2.41. The van der Waals surface area contributed by atoms with Crippen molar-refractivity contribution in [2.45, 2.75) is 31.6 Å². The minimum Gasteiger partial charge on any atom is -0.396 e. The number of nitrogens with two attached hydrogens (primary N) is 1. The van der Waals surface area contributed by atoms with Crippen LogP contribution in [0.2, 0.25) is 10.0 Å². The van der Waals surface area contributed by atoms with Crippen LogP contribution in [0.15, 0.2) is 12.1 Å². The predicted molar refractivity (Wildman–Crippen MR) is 74.0 cm³/mol. The van der Waals surface area contributed by atoms with Gasteiger partial charge in [-0.15, -0.1) is 0 Å². The standard InChI is InChI=1S/C13H16Cl2N2O/c14-11-3-8(4-12(15)13(11)16)5-17-6-9-1-2-10(7-17)18-9/h3-4,9-10H,1-2,5-7,16H2. The Balaban J connectivity index is 1.73. The second-order valence-electron chi connectivity index (χ2n) is 5.12. The molecule has 18 heavy (non-hydrogen) atoms. The molecule has 2 aliphatic heterocycles. The first-order chi connectivity index (χ1) is 8.61. The maximum atomic E-state index is 6.05. The van der Waals surface area contributed by atoms with Crippen LogP contribution in [0.3, 0.4) is 0 Å². The van der Waals surface area contributed by atoms with Gasteiger partial charge in [0.25, 0.3) is 0 Å². The number of ether oxygens (including phenoxy) is 1. The maximum Gasteiger partial charge on any atom is 0.0707 e. The fourth-order valence-electron chi connectivity index (χ4n) is 2.81. The number of benzene rings is 1. The molecule has 0 aromatic heterocycles. The molecule has 2 saturated heterocycles. The molecular weight excluding hydrogens is 271 g/mol. The molecule has 98 valence electrons. The van der Waals surface area contributed by atoms with E-state index in [9.17, 15) is 0 Å². The van der Waals surface area contributed by atoms with E-state index < -0.39 is 0 Å². The molecule has 1 aromatic carbocycles. The summed E-state index contributed by atoms with van der Waals surface area (Å²) in [6, 6.07) is 3.81. The average Bonchev–Trinajstić information content (AvgIpc) is 2.66. The van der Waals surface area contributed by atoms with Gasteiger partial charge in [0.1, 0.15) is 0 Å². The van der Waals surface area contributed by atoms with Crippen LogP contribution in [0, 0.1) is 0 Å². The molecule has 2 atom stereocenters. The van der Waals surface area contributed by atoms with Gasteiger partial charge in [-0.2, -0.15) is 0 Å². The van der Waals surface area contributed by atoms with Crippen molar-refractivity contribution < 1.29 is 4.74 Å². The number of anilines is 1. The fourth-order valence-corrected chi connectivity index (χ4v) is 3.35. The van der Waals surface area contributed by atoms with E-state index in [0.29, 0.717) is 27.9 Å². The lowest BCUT2D eigenvalue weighted by atomic mass is 10.1. The number of hydrogen-bond donors (Lipinski definition) is 1. The van der Waals surface area contributed by atoms with Crippen molar-refractivity contribution in [2.75, 3.05) is 18.8 Å². The second kappa shape index (κ2) is 4.89. The normalized spacial score (nSPS) is 27.7. The molecule has 2 bridgehead atoms. The van der Waals surface area contributed by atoms with Crippen LogP contribution in [0.1, 0.15) is 18.4 Å². The van der Waals surface area contributed by atoms with Gasteiger partial charge in [0, 0.05) is 19.6 Å². The van der Waals surface area contributed by atoms with Gasteiger partial charge in [0.2, 0.25) is 0 Å². The van der Waals surface area contributed by atoms with Crippen LogP contribution < -0.4 is 5.73 Å². The zero-order chi connectivity index (χ0) is 12.7. The van der Waals surface area contributed by atoms with Crippen molar-refractivity contribution in [3.05, 3.63) is 27.7 Å². The van der Waals surface area contributed by atoms with Crippen LogP contribution >= 0.6 is 23.2 Å². The van der Waals surface area contributed by atoms with E-state index in [1.807, 2.05) is 12.1 Å². The van der Waals surface area contributed by atoms with Gasteiger partial charge in [0.15, 0.2) is 0 Å². The molecule has 3 rings (SSSR count). The molecule has 2 fully saturated rings. The van der Waals surface area contributed by atoms with Gasteiger partial charge in [0.05, 0.1) is 27.9 Å². The molecule has 5 heteroatoms. The third-order valence-electron chi connectivity index (χ3n) is 3.66. The number of likely N-dealkylation sites (tertiary alicyclic amines) is 1. The molecule has 0 aliphatic carbocycles. The van der Waals surface area contributed by atoms with E-state index in [1.54, 1.807) is 0 Å². The number of fused-ring (bicyclic) bond motifs is 2. The van der Waals surface area contributed by atoms with Gasteiger partial charge in [-0.3, -0.25) is 4.90 Å². The number of morpholine rings is 1. The van der Waals surface area contributed by atoms with E-state index in [2.05, 4.69) is 4.90 Å². The Bertz CT molecular complexity index is 431. The average molecular weight is 287 g/mol. The summed E-state index contributed by atoms with van der Waals surface area (Å²) >= 11 is 12.1. The van der Waals surface area contributed by atoms with Crippen molar-refractivity contribution in [1.82, 2.24) is 4.90 Å². The predicted octanol–water partition coefficient (Wildman–Crippen LogP) is 2.94. The van der Waals surface area contributed by atoms with Crippen molar-refractivity contribution in [2.24, 2.45) is 0 Å². The molecule has 2 aliphatic rings.